The van der Waals surface area contributed by atoms with Gasteiger partial charge >= 0.3 is 5.97 Å². The molecule has 0 atom stereocenters. The summed E-state index contributed by atoms with van der Waals surface area (Å²) in [5.41, 5.74) is 2.61. The number of hydrogen-bond acceptors (Lipinski definition) is 6. The van der Waals surface area contributed by atoms with Crippen molar-refractivity contribution in [1.82, 2.24) is 24.4 Å². The number of hydrogen-bond donors (Lipinski definition) is 1. The van der Waals surface area contributed by atoms with Gasteiger partial charge in [-0.15, -0.1) is 0 Å². The Morgan fingerprint density at radius 1 is 1.20 bits per heavy atom. The molecule has 130 valence electrons. The van der Waals surface area contributed by atoms with Gasteiger partial charge in [0, 0.05) is 18.4 Å². The maximum atomic E-state index is 12.7. The van der Waals surface area contributed by atoms with Gasteiger partial charge in [0.05, 0.1) is 19.0 Å². The number of fused-ring (bicyclic) bond motifs is 1. The van der Waals surface area contributed by atoms with Crippen molar-refractivity contribution in [3.63, 3.8) is 0 Å². The summed E-state index contributed by atoms with van der Waals surface area (Å²) < 4.78 is 7.98. The van der Waals surface area contributed by atoms with Gasteiger partial charge < -0.3 is 10.1 Å². The normalized spacial score (nSPS) is 10.9. The van der Waals surface area contributed by atoms with Crippen molar-refractivity contribution in [2.24, 2.45) is 7.05 Å². The average Bonchev–Trinajstić information content (AvgIpc) is 3.12. The lowest BCUT2D eigenvalue weighted by molar-refractivity contribution is 0.0527. The summed E-state index contributed by atoms with van der Waals surface area (Å²) in [6.45, 7) is 5.68. The Morgan fingerprint density at radius 3 is 2.64 bits per heavy atom. The zero-order valence-electron chi connectivity index (χ0n) is 14.4. The maximum Gasteiger partial charge on any atom is 0.343 e. The number of anilines is 1. The van der Waals surface area contributed by atoms with Crippen molar-refractivity contribution in [2.75, 3.05) is 11.9 Å². The Balaban J connectivity index is 1.97. The quantitative estimate of drug-likeness (QED) is 0.721. The third kappa shape index (κ3) is 2.95. The summed E-state index contributed by atoms with van der Waals surface area (Å²) in [5, 5.41) is 10.9. The van der Waals surface area contributed by atoms with Crippen LogP contribution in [-0.2, 0) is 11.8 Å². The Kier molecular flexibility index (Phi) is 4.22. The van der Waals surface area contributed by atoms with Crippen LogP contribution in [0.3, 0.4) is 0 Å². The van der Waals surface area contributed by atoms with Crippen LogP contribution in [0.25, 0.3) is 5.65 Å². The van der Waals surface area contributed by atoms with Crippen LogP contribution in [0.1, 0.15) is 39.0 Å². The molecule has 3 aromatic heterocycles. The van der Waals surface area contributed by atoms with Gasteiger partial charge in [0.2, 0.25) is 0 Å². The lowest BCUT2D eigenvalue weighted by Gasteiger charge is -2.08. The first-order chi connectivity index (χ1) is 11.9. The van der Waals surface area contributed by atoms with E-state index >= 15 is 0 Å². The lowest BCUT2D eigenvalue weighted by atomic mass is 10.2. The van der Waals surface area contributed by atoms with Gasteiger partial charge in [0.25, 0.3) is 5.91 Å². The van der Waals surface area contributed by atoms with Gasteiger partial charge in [-0.1, -0.05) is 0 Å². The van der Waals surface area contributed by atoms with Crippen LogP contribution >= 0.6 is 0 Å². The molecule has 1 N–H and O–H groups in total. The number of aryl methyl sites for hydroxylation is 3. The second kappa shape index (κ2) is 6.34. The minimum atomic E-state index is -0.546. The van der Waals surface area contributed by atoms with Gasteiger partial charge in [-0.05, 0) is 26.8 Å². The summed E-state index contributed by atoms with van der Waals surface area (Å²) in [5.74, 6) is -0.718. The molecule has 0 aromatic carbocycles. The van der Waals surface area contributed by atoms with Gasteiger partial charge in [-0.2, -0.15) is 10.2 Å². The molecule has 0 unspecified atom stereocenters. The number of esters is 1. The SMILES string of the molecule is CCOC(=O)c1cnn(C)c1NC(=O)c1cnn2c(C)cc(C)nc12. The van der Waals surface area contributed by atoms with Crippen molar-refractivity contribution in [3.8, 4) is 0 Å². The molecule has 0 bridgehead atoms. The molecule has 0 aliphatic carbocycles. The Hall–Kier alpha value is -3.23. The molecule has 9 nitrogen and oxygen atoms in total. The summed E-state index contributed by atoms with van der Waals surface area (Å²) in [7, 11) is 1.63. The molecule has 3 aromatic rings. The van der Waals surface area contributed by atoms with Crippen LogP contribution < -0.4 is 5.32 Å². The fraction of sp³-hybridized carbons (Fsp3) is 0.312. The van der Waals surface area contributed by atoms with Crippen molar-refractivity contribution in [2.45, 2.75) is 20.8 Å². The second-order valence-corrected chi connectivity index (χ2v) is 5.54. The van der Waals surface area contributed by atoms with Gasteiger partial charge in [-0.25, -0.2) is 14.3 Å². The van der Waals surface area contributed by atoms with Crippen molar-refractivity contribution in [3.05, 3.63) is 41.0 Å². The molecule has 0 saturated carbocycles. The number of carbonyl (C=O) groups is 2. The van der Waals surface area contributed by atoms with E-state index in [0.717, 1.165) is 11.4 Å². The molecule has 3 rings (SSSR count). The van der Waals surface area contributed by atoms with E-state index in [1.807, 2.05) is 19.9 Å². The summed E-state index contributed by atoms with van der Waals surface area (Å²) in [6, 6.07) is 1.88. The van der Waals surface area contributed by atoms with E-state index in [9.17, 15) is 9.59 Å². The first kappa shape index (κ1) is 16.6. The molecular weight excluding hydrogens is 324 g/mol. The zero-order chi connectivity index (χ0) is 18.1. The molecule has 0 saturated heterocycles. The van der Waals surface area contributed by atoms with Gasteiger partial charge in [0.1, 0.15) is 16.9 Å². The smallest absolute Gasteiger partial charge is 0.343 e. The Bertz CT molecular complexity index is 972. The molecule has 0 aliphatic rings. The summed E-state index contributed by atoms with van der Waals surface area (Å²) in [4.78, 5) is 29.1. The third-order valence-corrected chi connectivity index (χ3v) is 3.69. The number of rotatable bonds is 4. The molecule has 9 heteroatoms. The number of nitrogens with zero attached hydrogens (tertiary/aromatic N) is 5. The predicted octanol–water partition coefficient (Wildman–Crippen LogP) is 1.51. The highest BCUT2D eigenvalue weighted by molar-refractivity contribution is 6.10. The molecule has 0 aliphatic heterocycles. The second-order valence-electron chi connectivity index (χ2n) is 5.54. The van der Waals surface area contributed by atoms with Crippen LogP contribution in [0.2, 0.25) is 0 Å². The predicted molar refractivity (Wildman–Crippen MR) is 89.6 cm³/mol. The van der Waals surface area contributed by atoms with E-state index in [-0.39, 0.29) is 18.0 Å². The van der Waals surface area contributed by atoms with E-state index in [2.05, 4.69) is 20.5 Å². The fourth-order valence-electron chi connectivity index (χ4n) is 2.55. The maximum absolute atomic E-state index is 12.7. The highest BCUT2D eigenvalue weighted by Gasteiger charge is 2.22. The van der Waals surface area contributed by atoms with Gasteiger partial charge in [-0.3, -0.25) is 9.48 Å². The average molecular weight is 342 g/mol. The Labute approximate surface area is 143 Å². The number of aromatic nitrogens is 5. The monoisotopic (exact) mass is 342 g/mol. The van der Waals surface area contributed by atoms with Crippen molar-refractivity contribution < 1.29 is 14.3 Å². The van der Waals surface area contributed by atoms with E-state index in [1.54, 1.807) is 18.5 Å². The minimum Gasteiger partial charge on any atom is -0.462 e. The molecule has 1 amide bonds. The summed E-state index contributed by atoms with van der Waals surface area (Å²) >= 11 is 0. The molecule has 0 spiro atoms. The standard InChI is InChI=1S/C16H18N6O3/c1-5-25-16(24)12-8-17-21(4)13(12)20-15(23)11-7-18-22-10(3)6-9(2)19-14(11)22/h6-8H,5H2,1-4H3,(H,20,23). The Morgan fingerprint density at radius 2 is 1.92 bits per heavy atom. The van der Waals surface area contributed by atoms with Crippen LogP contribution in [0.5, 0.6) is 0 Å². The van der Waals surface area contributed by atoms with Gasteiger partial charge in [0.15, 0.2) is 5.65 Å². The lowest BCUT2D eigenvalue weighted by Crippen LogP contribution is -2.18. The number of carbonyl (C=O) groups excluding carboxylic acids is 2. The summed E-state index contributed by atoms with van der Waals surface area (Å²) in [6.07, 6.45) is 2.81. The molecule has 0 fully saturated rings. The molecule has 25 heavy (non-hydrogen) atoms. The van der Waals surface area contributed by atoms with E-state index in [0.29, 0.717) is 11.2 Å². The molecular formula is C16H18N6O3. The zero-order valence-corrected chi connectivity index (χ0v) is 14.4. The number of amides is 1. The van der Waals surface area contributed by atoms with Crippen LogP contribution in [0, 0.1) is 13.8 Å². The van der Waals surface area contributed by atoms with Crippen LogP contribution in [0.4, 0.5) is 5.82 Å². The third-order valence-electron chi connectivity index (χ3n) is 3.69. The van der Waals surface area contributed by atoms with Crippen molar-refractivity contribution >= 4 is 23.3 Å². The van der Waals surface area contributed by atoms with Crippen LogP contribution in [-0.4, -0.2) is 42.9 Å². The minimum absolute atomic E-state index is 0.189. The number of ether oxygens (including phenoxy) is 1. The largest absolute Gasteiger partial charge is 0.462 e. The van der Waals surface area contributed by atoms with E-state index in [4.69, 9.17) is 4.74 Å². The van der Waals surface area contributed by atoms with Crippen molar-refractivity contribution in [1.29, 1.82) is 0 Å². The first-order valence-corrected chi connectivity index (χ1v) is 7.74. The van der Waals surface area contributed by atoms with E-state index < -0.39 is 11.9 Å². The van der Waals surface area contributed by atoms with Crippen LogP contribution in [0.15, 0.2) is 18.5 Å². The highest BCUT2D eigenvalue weighted by Crippen LogP contribution is 2.18. The number of nitrogens with one attached hydrogen (secondary N) is 1. The first-order valence-electron chi connectivity index (χ1n) is 7.74. The fourth-order valence-corrected chi connectivity index (χ4v) is 2.55. The highest BCUT2D eigenvalue weighted by atomic mass is 16.5. The molecule has 3 heterocycles. The molecule has 0 radical (unpaired) electrons. The topological polar surface area (TPSA) is 103 Å². The van der Waals surface area contributed by atoms with E-state index in [1.165, 1.54) is 17.1 Å².